The molecule has 0 aliphatic carbocycles. The van der Waals surface area contributed by atoms with Gasteiger partial charge in [-0.05, 0) is 30.7 Å². The predicted octanol–water partition coefficient (Wildman–Crippen LogP) is 3.77. The van der Waals surface area contributed by atoms with Gasteiger partial charge in [-0.1, -0.05) is 29.3 Å². The van der Waals surface area contributed by atoms with Crippen molar-refractivity contribution in [1.29, 1.82) is 0 Å². The van der Waals surface area contributed by atoms with Crippen LogP contribution in [0.5, 0.6) is 5.75 Å². The summed E-state index contributed by atoms with van der Waals surface area (Å²) in [7, 11) is 0. The zero-order valence-electron chi connectivity index (χ0n) is 10.4. The van der Waals surface area contributed by atoms with Crippen molar-refractivity contribution in [1.82, 2.24) is 4.98 Å². The molecule has 0 atom stereocenters. The highest BCUT2D eigenvalue weighted by molar-refractivity contribution is 6.35. The Hall–Kier alpha value is -1.29. The fourth-order valence-electron chi connectivity index (χ4n) is 1.70. The molecule has 0 fully saturated rings. The third-order valence-corrected chi connectivity index (χ3v) is 3.23. The van der Waals surface area contributed by atoms with Gasteiger partial charge in [0.05, 0.1) is 17.3 Å². The molecular formula is C14H13Cl2NO2. The average molecular weight is 298 g/mol. The van der Waals surface area contributed by atoms with Gasteiger partial charge in [0, 0.05) is 16.8 Å². The normalized spacial score (nSPS) is 10.5. The van der Waals surface area contributed by atoms with Crippen LogP contribution in [0.15, 0.2) is 30.5 Å². The second-order valence-corrected chi connectivity index (χ2v) is 4.93. The molecule has 0 aliphatic heterocycles. The van der Waals surface area contributed by atoms with Crippen LogP contribution in [0.1, 0.15) is 16.8 Å². The Labute approximate surface area is 121 Å². The zero-order valence-corrected chi connectivity index (χ0v) is 11.9. The summed E-state index contributed by atoms with van der Waals surface area (Å²) in [5, 5.41) is 10.2. The summed E-state index contributed by atoms with van der Waals surface area (Å²) >= 11 is 12.0. The number of aliphatic hydroxyl groups is 1. The molecule has 0 unspecified atom stereocenters. The Bertz CT molecular complexity index is 588. The lowest BCUT2D eigenvalue weighted by Crippen LogP contribution is -2.03. The van der Waals surface area contributed by atoms with Crippen molar-refractivity contribution in [3.8, 4) is 5.75 Å². The van der Waals surface area contributed by atoms with Gasteiger partial charge in [-0.15, -0.1) is 0 Å². The van der Waals surface area contributed by atoms with Gasteiger partial charge in [-0.25, -0.2) is 0 Å². The Kier molecular flexibility index (Phi) is 4.64. The van der Waals surface area contributed by atoms with Crippen LogP contribution < -0.4 is 4.74 Å². The van der Waals surface area contributed by atoms with E-state index < -0.39 is 0 Å². The van der Waals surface area contributed by atoms with Crippen molar-refractivity contribution in [2.75, 3.05) is 0 Å². The minimum absolute atomic E-state index is 0.184. The Balaban J connectivity index is 2.22. The first-order chi connectivity index (χ1) is 9.11. The number of benzene rings is 1. The number of rotatable bonds is 4. The number of nitrogens with zero attached hydrogens (tertiary/aromatic N) is 1. The second-order valence-electron chi connectivity index (χ2n) is 4.09. The standard InChI is InChI=1S/C14H13Cl2NO2/c1-9-3-2-4-17-13(9)8-19-14-10(7-18)5-11(15)6-12(14)16/h2-6,18H,7-8H2,1H3. The summed E-state index contributed by atoms with van der Waals surface area (Å²) < 4.78 is 5.67. The van der Waals surface area contributed by atoms with E-state index in [0.717, 1.165) is 11.3 Å². The maximum absolute atomic E-state index is 9.31. The van der Waals surface area contributed by atoms with Crippen LogP contribution >= 0.6 is 23.2 Å². The van der Waals surface area contributed by atoms with Gasteiger partial charge in [0.25, 0.3) is 0 Å². The lowest BCUT2D eigenvalue weighted by atomic mass is 10.2. The number of aromatic nitrogens is 1. The van der Waals surface area contributed by atoms with Crippen LogP contribution in [0.2, 0.25) is 10.0 Å². The van der Waals surface area contributed by atoms with Crippen LogP contribution in [0.3, 0.4) is 0 Å². The molecule has 0 radical (unpaired) electrons. The number of halogens is 2. The quantitative estimate of drug-likeness (QED) is 0.934. The van der Waals surface area contributed by atoms with Crippen LogP contribution in [-0.4, -0.2) is 10.1 Å². The van der Waals surface area contributed by atoms with E-state index in [0.29, 0.717) is 28.0 Å². The SMILES string of the molecule is Cc1cccnc1COc1c(Cl)cc(Cl)cc1CO. The second kappa shape index (κ2) is 6.24. The third-order valence-electron chi connectivity index (χ3n) is 2.73. The number of aliphatic hydroxyl groups excluding tert-OH is 1. The zero-order chi connectivity index (χ0) is 13.8. The molecule has 0 saturated carbocycles. The van der Waals surface area contributed by atoms with Crippen LogP contribution in [0.4, 0.5) is 0 Å². The van der Waals surface area contributed by atoms with Crippen LogP contribution in [-0.2, 0) is 13.2 Å². The van der Waals surface area contributed by atoms with Gasteiger partial charge in [-0.2, -0.15) is 0 Å². The van der Waals surface area contributed by atoms with Crippen molar-refractivity contribution in [2.24, 2.45) is 0 Å². The summed E-state index contributed by atoms with van der Waals surface area (Å²) in [5.74, 6) is 0.443. The first kappa shape index (κ1) is 14.1. The monoisotopic (exact) mass is 297 g/mol. The Morgan fingerprint density at radius 1 is 1.32 bits per heavy atom. The number of hydrogen-bond donors (Lipinski definition) is 1. The summed E-state index contributed by atoms with van der Waals surface area (Å²) in [6.45, 7) is 2.07. The molecule has 1 heterocycles. The van der Waals surface area contributed by atoms with Gasteiger partial charge < -0.3 is 9.84 Å². The molecule has 5 heteroatoms. The molecule has 0 amide bonds. The smallest absolute Gasteiger partial charge is 0.144 e. The molecular weight excluding hydrogens is 285 g/mol. The van der Waals surface area contributed by atoms with Crippen LogP contribution in [0, 0.1) is 6.92 Å². The first-order valence-corrected chi connectivity index (χ1v) is 6.49. The van der Waals surface area contributed by atoms with Crippen molar-refractivity contribution in [3.05, 3.63) is 57.3 Å². The molecule has 3 nitrogen and oxygen atoms in total. The van der Waals surface area contributed by atoms with E-state index in [9.17, 15) is 5.11 Å². The van der Waals surface area contributed by atoms with E-state index in [2.05, 4.69) is 4.98 Å². The lowest BCUT2D eigenvalue weighted by Gasteiger charge is -2.13. The number of hydrogen-bond acceptors (Lipinski definition) is 3. The van der Waals surface area contributed by atoms with Crippen LogP contribution in [0.25, 0.3) is 0 Å². The predicted molar refractivity (Wildman–Crippen MR) is 75.7 cm³/mol. The molecule has 0 aliphatic rings. The Morgan fingerprint density at radius 2 is 2.11 bits per heavy atom. The van der Waals surface area contributed by atoms with E-state index in [1.807, 2.05) is 19.1 Å². The van der Waals surface area contributed by atoms with E-state index in [4.69, 9.17) is 27.9 Å². The molecule has 0 saturated heterocycles. The molecule has 1 N–H and O–H groups in total. The van der Waals surface area contributed by atoms with E-state index in [1.165, 1.54) is 0 Å². The van der Waals surface area contributed by atoms with Crippen molar-refractivity contribution >= 4 is 23.2 Å². The lowest BCUT2D eigenvalue weighted by molar-refractivity contribution is 0.257. The van der Waals surface area contributed by atoms with E-state index >= 15 is 0 Å². The first-order valence-electron chi connectivity index (χ1n) is 5.74. The van der Waals surface area contributed by atoms with E-state index in [1.54, 1.807) is 18.3 Å². The van der Waals surface area contributed by atoms with Gasteiger partial charge in [0.1, 0.15) is 12.4 Å². The van der Waals surface area contributed by atoms with Gasteiger partial charge in [0.15, 0.2) is 0 Å². The minimum Gasteiger partial charge on any atom is -0.485 e. The largest absolute Gasteiger partial charge is 0.485 e. The highest BCUT2D eigenvalue weighted by Gasteiger charge is 2.11. The summed E-state index contributed by atoms with van der Waals surface area (Å²) in [5.41, 5.74) is 2.43. The molecule has 100 valence electrons. The fourth-order valence-corrected chi connectivity index (χ4v) is 2.29. The highest BCUT2D eigenvalue weighted by atomic mass is 35.5. The molecule has 0 spiro atoms. The fraction of sp³-hybridized carbons (Fsp3) is 0.214. The topological polar surface area (TPSA) is 42.4 Å². The van der Waals surface area contributed by atoms with Gasteiger partial charge in [0.2, 0.25) is 0 Å². The Morgan fingerprint density at radius 3 is 2.79 bits per heavy atom. The molecule has 2 aromatic rings. The number of ether oxygens (including phenoxy) is 1. The third kappa shape index (κ3) is 3.38. The van der Waals surface area contributed by atoms with Crippen molar-refractivity contribution in [3.63, 3.8) is 0 Å². The number of aryl methyl sites for hydroxylation is 1. The number of pyridine rings is 1. The summed E-state index contributed by atoms with van der Waals surface area (Å²) in [6, 6.07) is 7.05. The van der Waals surface area contributed by atoms with E-state index in [-0.39, 0.29) is 6.61 Å². The molecule has 19 heavy (non-hydrogen) atoms. The highest BCUT2D eigenvalue weighted by Crippen LogP contribution is 2.33. The summed E-state index contributed by atoms with van der Waals surface area (Å²) in [4.78, 5) is 4.24. The summed E-state index contributed by atoms with van der Waals surface area (Å²) in [6.07, 6.45) is 1.71. The van der Waals surface area contributed by atoms with Gasteiger partial charge >= 0.3 is 0 Å². The minimum atomic E-state index is -0.184. The average Bonchev–Trinajstić information content (AvgIpc) is 2.38. The molecule has 1 aromatic heterocycles. The van der Waals surface area contributed by atoms with Crippen molar-refractivity contribution in [2.45, 2.75) is 20.1 Å². The van der Waals surface area contributed by atoms with Crippen molar-refractivity contribution < 1.29 is 9.84 Å². The molecule has 2 rings (SSSR count). The molecule has 0 bridgehead atoms. The maximum Gasteiger partial charge on any atom is 0.144 e. The van der Waals surface area contributed by atoms with Gasteiger partial charge in [-0.3, -0.25) is 4.98 Å². The maximum atomic E-state index is 9.31. The molecule has 1 aromatic carbocycles.